The number of carbonyl (C=O) groups excluding carboxylic acids is 1. The highest BCUT2D eigenvalue weighted by molar-refractivity contribution is 7.47. The molecule has 298 valence electrons. The monoisotopic (exact) mass is 735 g/mol. The van der Waals surface area contributed by atoms with Crippen LogP contribution in [0.5, 0.6) is 0 Å². The van der Waals surface area contributed by atoms with Crippen molar-refractivity contribution in [1.82, 2.24) is 5.32 Å². The number of phosphoric ester groups is 1. The number of nitrogens with zero attached hydrogens (tertiary/aromatic N) is 1. The molecule has 0 aliphatic rings. The van der Waals surface area contributed by atoms with Crippen LogP contribution in [0.1, 0.15) is 196 Å². The maximum Gasteiger partial charge on any atom is 0.472 e. The Morgan fingerprint density at radius 2 is 1.14 bits per heavy atom. The fourth-order valence-corrected chi connectivity index (χ4v) is 6.63. The molecule has 0 aliphatic heterocycles. The van der Waals surface area contributed by atoms with Gasteiger partial charge in [0.25, 0.3) is 0 Å². The second-order valence-electron chi connectivity index (χ2n) is 15.4. The molecule has 3 N–H and O–H groups in total. The van der Waals surface area contributed by atoms with Gasteiger partial charge in [-0.1, -0.05) is 180 Å². The van der Waals surface area contributed by atoms with Crippen LogP contribution >= 0.6 is 7.82 Å². The molecule has 0 aromatic rings. The van der Waals surface area contributed by atoms with Crippen LogP contribution in [-0.4, -0.2) is 73.4 Å². The molecule has 0 aliphatic carbocycles. The summed E-state index contributed by atoms with van der Waals surface area (Å²) in [5, 5.41) is 13.6. The molecule has 0 fully saturated rings. The van der Waals surface area contributed by atoms with Gasteiger partial charge in [0, 0.05) is 9.16 Å². The molecule has 0 saturated carbocycles. The van der Waals surface area contributed by atoms with Crippen molar-refractivity contribution < 1.29 is 35.6 Å². The van der Waals surface area contributed by atoms with Gasteiger partial charge in [-0.3, -0.25) is 13.8 Å². The summed E-state index contributed by atoms with van der Waals surface area (Å²) < 4.78 is 40.3. The third-order valence-electron chi connectivity index (χ3n) is 9.24. The number of aliphatic hydroxyl groups excluding tert-OH is 1. The van der Waals surface area contributed by atoms with Crippen LogP contribution in [0.2, 0.25) is 0 Å². The van der Waals surface area contributed by atoms with Crippen LogP contribution in [-0.2, 0) is 18.4 Å². The Bertz CT molecular complexity index is 918. The van der Waals surface area contributed by atoms with Gasteiger partial charge in [0.05, 0.1) is 39.9 Å². The summed E-state index contributed by atoms with van der Waals surface area (Å²) in [5.74, 6) is -0.565. The molecule has 0 heterocycles. The smallest absolute Gasteiger partial charge is 0.387 e. The number of hydrogen-bond acceptors (Lipinski definition) is 5. The number of allylic oxidation sites excluding steroid dienone is 1. The molecule has 9 heteroatoms. The van der Waals surface area contributed by atoms with E-state index < -0.39 is 38.9 Å². The molecule has 0 bridgehead atoms. The quantitative estimate of drug-likeness (QED) is 0.0192. The summed E-state index contributed by atoms with van der Waals surface area (Å²) in [7, 11) is 1.39. The largest absolute Gasteiger partial charge is 0.472 e. The van der Waals surface area contributed by atoms with Crippen molar-refractivity contribution in [2.45, 2.75) is 206 Å². The van der Waals surface area contributed by atoms with E-state index in [0.29, 0.717) is 17.4 Å². The van der Waals surface area contributed by atoms with E-state index in [2.05, 4.69) is 19.2 Å². The van der Waals surface area contributed by atoms with Gasteiger partial charge in [-0.2, -0.15) is 0 Å². The van der Waals surface area contributed by atoms with Gasteiger partial charge in [0.15, 0.2) is 0 Å². The van der Waals surface area contributed by atoms with Gasteiger partial charge in [-0.05, 0) is 19.2 Å². The van der Waals surface area contributed by atoms with Crippen molar-refractivity contribution in [2.24, 2.45) is 0 Å². The molecule has 8 nitrogen and oxygen atoms in total. The summed E-state index contributed by atoms with van der Waals surface area (Å²) in [6.07, 6.45) is 30.9. The number of unbranched alkanes of at least 4 members (excludes halogenated alkanes) is 23. The predicted molar refractivity (Wildman–Crippen MR) is 212 cm³/mol. The summed E-state index contributed by atoms with van der Waals surface area (Å²) in [6.45, 7) is 4.54. The number of aliphatic hydroxyl groups is 1. The van der Waals surface area contributed by atoms with E-state index in [1.54, 1.807) is 6.08 Å². The first-order chi connectivity index (χ1) is 24.7. The molecular weight excluding hydrogens is 648 g/mol. The lowest BCUT2D eigenvalue weighted by molar-refractivity contribution is -0.870. The number of quaternary nitrogens is 1. The molecule has 1 unspecified atom stereocenters. The standard InChI is InChI=1S/C41H83N2O6P/c1-6-8-10-12-14-16-18-20-21-23-25-27-29-31-33-35-41(45)42-39(38-49-50(46,47)48-37-36-43(3,4)5)40(44)34-32-30-28-26-24-22-19-17-15-13-11-9-7-2/h32,34,39-40,44H,6-31,33,35-38H2,1-5H3,(H-,42,45,46,47)/p+1/b34-32+/t39-,40+/m0/s1/i33D2,41+1. The third-order valence-corrected chi connectivity index (χ3v) is 10.2. The molecule has 0 saturated heterocycles. The van der Waals surface area contributed by atoms with Crippen molar-refractivity contribution in [1.29, 1.82) is 0 Å². The Hall–Kier alpha value is -0.760. The topological polar surface area (TPSA) is 105 Å². The summed E-state index contributed by atoms with van der Waals surface area (Å²) >= 11 is 0. The van der Waals surface area contributed by atoms with E-state index in [1.807, 2.05) is 27.2 Å². The van der Waals surface area contributed by atoms with Crippen LogP contribution in [0.25, 0.3) is 0 Å². The minimum Gasteiger partial charge on any atom is -0.387 e. The van der Waals surface area contributed by atoms with Crippen LogP contribution < -0.4 is 5.32 Å². The highest BCUT2D eigenvalue weighted by Crippen LogP contribution is 2.43. The van der Waals surface area contributed by atoms with Gasteiger partial charge in [-0.15, -0.1) is 0 Å². The Morgan fingerprint density at radius 1 is 0.720 bits per heavy atom. The van der Waals surface area contributed by atoms with Crippen molar-refractivity contribution in [3.63, 3.8) is 0 Å². The van der Waals surface area contributed by atoms with Crippen LogP contribution in [0.3, 0.4) is 0 Å². The molecular formula is C41H84N2O6P+. The van der Waals surface area contributed by atoms with Gasteiger partial charge >= 0.3 is 7.82 Å². The number of rotatable bonds is 38. The average Bonchev–Trinajstić information content (AvgIpc) is 3.06. The minimum absolute atomic E-state index is 0.00905. The number of likely N-dealkylation sites (N-methyl/N-ethyl adjacent to an activating group) is 1. The number of nitrogens with one attached hydrogen (secondary N) is 1. The van der Waals surface area contributed by atoms with E-state index in [1.165, 1.54) is 122 Å². The van der Waals surface area contributed by atoms with Gasteiger partial charge in [0.2, 0.25) is 5.91 Å². The van der Waals surface area contributed by atoms with Crippen molar-refractivity contribution in [3.05, 3.63) is 12.2 Å². The SMILES string of the molecule is [2H]C([2H])(CCCCCCCCCCCCCCC)C[13C](=O)N[C@@H](COP(=O)(O)OCC[N+](C)(C)C)[C@H](O)/C=C/CCCCCCCCCCCCC. The van der Waals surface area contributed by atoms with Crippen molar-refractivity contribution in [2.75, 3.05) is 40.9 Å². The second-order valence-corrected chi connectivity index (χ2v) is 16.9. The fraction of sp³-hybridized carbons (Fsp3) is 0.927. The molecule has 1 amide bonds. The lowest BCUT2D eigenvalue weighted by Crippen LogP contribution is -2.45. The predicted octanol–water partition coefficient (Wildman–Crippen LogP) is 11.2. The number of amides is 1. The molecule has 0 aromatic carbocycles. The van der Waals surface area contributed by atoms with E-state index in [0.717, 1.165) is 32.1 Å². The zero-order valence-electron chi connectivity index (χ0n) is 35.4. The minimum atomic E-state index is -4.43. The van der Waals surface area contributed by atoms with E-state index >= 15 is 0 Å². The molecule has 0 aromatic heterocycles. The van der Waals surface area contributed by atoms with Crippen LogP contribution in [0.15, 0.2) is 12.2 Å². The number of carbonyl (C=O) groups is 1. The molecule has 0 spiro atoms. The first-order valence-electron chi connectivity index (χ1n) is 21.8. The zero-order chi connectivity index (χ0) is 39.0. The first kappa shape index (κ1) is 45.4. The maximum absolute atomic E-state index is 13.0. The number of phosphoric acid groups is 1. The highest BCUT2D eigenvalue weighted by Gasteiger charge is 2.27. The Labute approximate surface area is 313 Å². The van der Waals surface area contributed by atoms with Crippen LogP contribution in [0.4, 0.5) is 0 Å². The van der Waals surface area contributed by atoms with Crippen LogP contribution in [0, 0.1) is 0 Å². The Morgan fingerprint density at radius 3 is 1.58 bits per heavy atom. The Balaban J connectivity index is 4.71. The van der Waals surface area contributed by atoms with Gasteiger partial charge < -0.3 is 19.8 Å². The van der Waals surface area contributed by atoms with E-state index in [-0.39, 0.29) is 19.4 Å². The highest BCUT2D eigenvalue weighted by atomic mass is 31.2. The third kappa shape index (κ3) is 35.6. The normalized spacial score (nSPS) is 15.5. The van der Waals surface area contributed by atoms with Gasteiger partial charge in [0.1, 0.15) is 13.2 Å². The lowest BCUT2D eigenvalue weighted by Gasteiger charge is -2.25. The second kappa shape index (κ2) is 34.0. The summed E-state index contributed by atoms with van der Waals surface area (Å²) in [6, 6.07) is -1.03. The average molecular weight is 735 g/mol. The molecule has 0 rings (SSSR count). The fourth-order valence-electron chi connectivity index (χ4n) is 5.89. The zero-order valence-corrected chi connectivity index (χ0v) is 34.3. The van der Waals surface area contributed by atoms with Crippen molar-refractivity contribution >= 4 is 13.7 Å². The summed E-state index contributed by atoms with van der Waals surface area (Å²) in [5.41, 5.74) is 0. The van der Waals surface area contributed by atoms with E-state index in [9.17, 15) is 19.4 Å². The van der Waals surface area contributed by atoms with E-state index in [4.69, 9.17) is 11.8 Å². The Kier molecular flexibility index (Phi) is 30.9. The van der Waals surface area contributed by atoms with Gasteiger partial charge in [-0.25, -0.2) is 4.57 Å². The van der Waals surface area contributed by atoms with Crippen molar-refractivity contribution in [3.8, 4) is 0 Å². The molecule has 0 radical (unpaired) electrons. The summed E-state index contributed by atoms with van der Waals surface area (Å²) in [4.78, 5) is 23.2. The number of hydrogen-bond donors (Lipinski definition) is 3. The lowest BCUT2D eigenvalue weighted by atomic mass is 10.0. The first-order valence-corrected chi connectivity index (χ1v) is 22.3. The molecule has 50 heavy (non-hydrogen) atoms. The maximum atomic E-state index is 13.0. The molecule has 3 atom stereocenters.